The molecule has 0 radical (unpaired) electrons. The van der Waals surface area contributed by atoms with Crippen LogP contribution in [0.5, 0.6) is 5.75 Å². The van der Waals surface area contributed by atoms with Gasteiger partial charge in [0.1, 0.15) is 11.6 Å². The van der Waals surface area contributed by atoms with Crippen LogP contribution in [0.25, 0.3) is 11.3 Å². The summed E-state index contributed by atoms with van der Waals surface area (Å²) in [5, 5.41) is 2.75. The molecule has 12 nitrogen and oxygen atoms in total. The van der Waals surface area contributed by atoms with Crippen molar-refractivity contribution in [3.8, 4) is 17.0 Å². The van der Waals surface area contributed by atoms with E-state index in [0.29, 0.717) is 0 Å². The fourth-order valence-electron chi connectivity index (χ4n) is 5.44. The van der Waals surface area contributed by atoms with Crippen LogP contribution in [0.1, 0.15) is 41.7 Å². The molecule has 1 unspecified atom stereocenters. The topological polar surface area (TPSA) is 126 Å². The zero-order valence-corrected chi connectivity index (χ0v) is 27.8. The Morgan fingerprint density at radius 1 is 1.00 bits per heavy atom. The van der Waals surface area contributed by atoms with E-state index in [1.807, 2.05) is 0 Å². The van der Waals surface area contributed by atoms with Gasteiger partial charge in [0.05, 0.1) is 29.6 Å². The van der Waals surface area contributed by atoms with Gasteiger partial charge in [0.15, 0.2) is 17.4 Å². The molecule has 0 spiro atoms. The number of hydrogen-bond donors (Lipinski definition) is 1. The number of rotatable bonds is 6. The van der Waals surface area contributed by atoms with Crippen LogP contribution in [0, 0.1) is 11.6 Å². The van der Waals surface area contributed by atoms with Gasteiger partial charge in [-0.05, 0) is 51.1 Å². The average Bonchev–Trinajstić information content (AvgIpc) is 3.68. The lowest BCUT2D eigenvalue weighted by Crippen LogP contribution is -2.55. The number of methoxy groups -OCH3 is 1. The Balaban J connectivity index is 1.19. The van der Waals surface area contributed by atoms with Crippen molar-refractivity contribution >= 4 is 41.1 Å². The van der Waals surface area contributed by atoms with Gasteiger partial charge in [-0.2, -0.15) is 4.39 Å². The maximum Gasteiger partial charge on any atom is 0.411 e. The van der Waals surface area contributed by atoms with Crippen molar-refractivity contribution in [2.24, 2.45) is 7.05 Å². The number of nitrogens with one attached hydrogen (secondary N) is 1. The molecule has 15 heteroatoms. The van der Waals surface area contributed by atoms with Gasteiger partial charge in [0.25, 0.3) is 11.8 Å². The number of piperazine rings is 1. The molecule has 0 bridgehead atoms. The van der Waals surface area contributed by atoms with E-state index in [1.165, 1.54) is 60.2 Å². The highest BCUT2D eigenvalue weighted by molar-refractivity contribution is 6.34. The van der Waals surface area contributed by atoms with Crippen molar-refractivity contribution in [2.75, 3.05) is 45.2 Å². The summed E-state index contributed by atoms with van der Waals surface area (Å²) < 4.78 is 40.5. The van der Waals surface area contributed by atoms with Crippen molar-refractivity contribution in [2.45, 2.75) is 32.4 Å². The molecule has 3 heterocycles. The SMILES string of the molecule is COc1ccc(-c2cnc(C(=O)Nc3ccc(C(=O)N4CCN(C(=O)C5C=CCN5C(=O)OC(C)(C)C)CC4)c(Cl)c3)n2C)c(F)c1F. The molecule has 0 aliphatic carbocycles. The second-order valence-corrected chi connectivity index (χ2v) is 12.6. The van der Waals surface area contributed by atoms with Crippen LogP contribution >= 0.6 is 11.6 Å². The molecule has 48 heavy (non-hydrogen) atoms. The predicted octanol–water partition coefficient (Wildman–Crippen LogP) is 4.74. The van der Waals surface area contributed by atoms with Crippen molar-refractivity contribution in [3.05, 3.63) is 76.7 Å². The third kappa shape index (κ3) is 6.98. The monoisotopic (exact) mass is 684 g/mol. The van der Waals surface area contributed by atoms with Gasteiger partial charge in [-0.1, -0.05) is 23.8 Å². The fraction of sp³-hybridized carbons (Fsp3) is 0.364. The van der Waals surface area contributed by atoms with Gasteiger partial charge >= 0.3 is 6.09 Å². The number of carbonyl (C=O) groups is 4. The summed E-state index contributed by atoms with van der Waals surface area (Å²) in [6, 6.07) is 6.25. The minimum atomic E-state index is -1.16. The lowest BCUT2D eigenvalue weighted by molar-refractivity contribution is -0.136. The summed E-state index contributed by atoms with van der Waals surface area (Å²) in [6.07, 6.45) is 4.11. The van der Waals surface area contributed by atoms with E-state index in [9.17, 15) is 28.0 Å². The number of nitrogens with zero attached hydrogens (tertiary/aromatic N) is 5. The Kier molecular flexibility index (Phi) is 9.76. The zero-order chi connectivity index (χ0) is 34.9. The van der Waals surface area contributed by atoms with Crippen LogP contribution in [0.15, 0.2) is 48.7 Å². The molecule has 5 rings (SSSR count). The van der Waals surface area contributed by atoms with Crippen molar-refractivity contribution in [3.63, 3.8) is 0 Å². The summed E-state index contributed by atoms with van der Waals surface area (Å²) >= 11 is 6.47. The quantitative estimate of drug-likeness (QED) is 0.372. The molecular formula is C33H35ClF2N6O6. The molecule has 3 aromatic rings. The molecule has 1 fully saturated rings. The van der Waals surface area contributed by atoms with E-state index in [2.05, 4.69) is 10.3 Å². The first kappa shape index (κ1) is 34.4. The largest absolute Gasteiger partial charge is 0.494 e. The van der Waals surface area contributed by atoms with Crippen LogP contribution in [0.2, 0.25) is 5.02 Å². The predicted molar refractivity (Wildman–Crippen MR) is 173 cm³/mol. The molecule has 254 valence electrons. The molecule has 0 saturated carbocycles. The van der Waals surface area contributed by atoms with Crippen molar-refractivity contribution in [1.29, 1.82) is 0 Å². The van der Waals surface area contributed by atoms with E-state index >= 15 is 0 Å². The second kappa shape index (κ2) is 13.6. The Labute approximate surface area is 280 Å². The van der Waals surface area contributed by atoms with Crippen LogP contribution in [0.4, 0.5) is 19.3 Å². The van der Waals surface area contributed by atoms with Crippen LogP contribution in [-0.2, 0) is 16.6 Å². The average molecular weight is 685 g/mol. The van der Waals surface area contributed by atoms with Crippen LogP contribution in [0.3, 0.4) is 0 Å². The van der Waals surface area contributed by atoms with Gasteiger partial charge in [0.2, 0.25) is 11.7 Å². The Bertz CT molecular complexity index is 1800. The van der Waals surface area contributed by atoms with E-state index < -0.39 is 35.3 Å². The van der Waals surface area contributed by atoms with Crippen molar-refractivity contribution in [1.82, 2.24) is 24.3 Å². The zero-order valence-electron chi connectivity index (χ0n) is 27.1. The Hall–Kier alpha value is -4.98. The van der Waals surface area contributed by atoms with E-state index in [0.717, 1.165) is 0 Å². The van der Waals surface area contributed by atoms with Gasteiger partial charge in [-0.15, -0.1) is 0 Å². The first-order valence-corrected chi connectivity index (χ1v) is 15.5. The lowest BCUT2D eigenvalue weighted by Gasteiger charge is -2.37. The number of amides is 4. The number of hydrogen-bond acceptors (Lipinski definition) is 7. The summed E-state index contributed by atoms with van der Waals surface area (Å²) in [5.41, 5.74) is -0.143. The third-order valence-electron chi connectivity index (χ3n) is 7.91. The second-order valence-electron chi connectivity index (χ2n) is 12.2. The van der Waals surface area contributed by atoms with Gasteiger partial charge in [-0.25, -0.2) is 14.2 Å². The number of halogens is 3. The third-order valence-corrected chi connectivity index (χ3v) is 8.22. The van der Waals surface area contributed by atoms with Gasteiger partial charge < -0.3 is 29.2 Å². The molecule has 1 N–H and O–H groups in total. The highest BCUT2D eigenvalue weighted by atomic mass is 35.5. The Morgan fingerprint density at radius 3 is 2.33 bits per heavy atom. The number of carbonyl (C=O) groups excluding carboxylic acids is 4. The number of benzene rings is 2. The number of ether oxygens (including phenoxy) is 2. The maximum atomic E-state index is 14.7. The molecular weight excluding hydrogens is 650 g/mol. The summed E-state index contributed by atoms with van der Waals surface area (Å²) in [6.45, 7) is 6.58. The molecule has 1 aromatic heterocycles. The molecule has 2 aliphatic heterocycles. The van der Waals surface area contributed by atoms with Crippen molar-refractivity contribution < 1.29 is 37.4 Å². The molecule has 4 amide bonds. The fourth-order valence-corrected chi connectivity index (χ4v) is 5.71. The minimum absolute atomic E-state index is 0.0772. The summed E-state index contributed by atoms with van der Waals surface area (Å²) in [5.74, 6) is -3.86. The first-order valence-electron chi connectivity index (χ1n) is 15.1. The molecule has 2 aliphatic rings. The normalized spacial score (nSPS) is 16.2. The van der Waals surface area contributed by atoms with Crippen LogP contribution < -0.4 is 10.1 Å². The number of imidazole rings is 1. The lowest BCUT2D eigenvalue weighted by atomic mass is 10.1. The Morgan fingerprint density at radius 2 is 1.69 bits per heavy atom. The number of anilines is 1. The minimum Gasteiger partial charge on any atom is -0.494 e. The first-order chi connectivity index (χ1) is 22.7. The summed E-state index contributed by atoms with van der Waals surface area (Å²) in [7, 11) is 2.71. The molecule has 1 saturated heterocycles. The van der Waals surface area contributed by atoms with E-state index in [4.69, 9.17) is 21.1 Å². The van der Waals surface area contributed by atoms with Gasteiger partial charge in [-0.3, -0.25) is 19.3 Å². The molecule has 1 atom stereocenters. The van der Waals surface area contributed by atoms with E-state index in [1.54, 1.807) is 42.7 Å². The van der Waals surface area contributed by atoms with E-state index in [-0.39, 0.29) is 83.6 Å². The number of aromatic nitrogens is 2. The maximum absolute atomic E-state index is 14.7. The smallest absolute Gasteiger partial charge is 0.411 e. The molecule has 2 aromatic carbocycles. The standard InChI is InChI=1S/C33H35ClF2N6O6/c1-33(2,3)48-32(46)42-12-6-7-23(42)31(45)41-15-13-40(14-16-41)30(44)20-9-8-19(17-22(20)34)38-29(43)28-37-18-24(39(28)4)21-10-11-25(47-5)27(36)26(21)35/h6-11,17-18,23H,12-16H2,1-5H3,(H,38,43). The highest BCUT2D eigenvalue weighted by Gasteiger charge is 2.37. The highest BCUT2D eigenvalue weighted by Crippen LogP contribution is 2.30. The summed E-state index contributed by atoms with van der Waals surface area (Å²) in [4.78, 5) is 60.9. The van der Waals surface area contributed by atoms with Gasteiger partial charge in [0, 0.05) is 51.0 Å². The van der Waals surface area contributed by atoms with Crippen LogP contribution in [-0.4, -0.2) is 99.5 Å².